The SMILES string of the molecule is CC(C)c1noc(C(C)N2CCC(C(=O)N(C)C)CC2)n1. The van der Waals surface area contributed by atoms with Crippen molar-refractivity contribution < 1.29 is 9.32 Å². The third-order valence-corrected chi connectivity index (χ3v) is 4.20. The van der Waals surface area contributed by atoms with Crippen LogP contribution in [0.4, 0.5) is 0 Å². The maximum Gasteiger partial charge on any atom is 0.243 e. The van der Waals surface area contributed by atoms with E-state index in [1.165, 1.54) is 0 Å². The maximum atomic E-state index is 12.0. The highest BCUT2D eigenvalue weighted by atomic mass is 16.5. The van der Waals surface area contributed by atoms with Crippen LogP contribution in [0, 0.1) is 5.92 Å². The summed E-state index contributed by atoms with van der Waals surface area (Å²) in [5.41, 5.74) is 0. The molecule has 1 unspecified atom stereocenters. The molecule has 0 N–H and O–H groups in total. The van der Waals surface area contributed by atoms with Crippen molar-refractivity contribution in [3.8, 4) is 0 Å². The van der Waals surface area contributed by atoms with Crippen LogP contribution in [-0.4, -0.2) is 53.0 Å². The Hall–Kier alpha value is -1.43. The van der Waals surface area contributed by atoms with Crippen molar-refractivity contribution in [1.29, 1.82) is 0 Å². The van der Waals surface area contributed by atoms with Crippen LogP contribution in [0.5, 0.6) is 0 Å². The van der Waals surface area contributed by atoms with E-state index in [-0.39, 0.29) is 23.8 Å². The highest BCUT2D eigenvalue weighted by Crippen LogP contribution is 2.27. The minimum atomic E-state index is 0.111. The predicted molar refractivity (Wildman–Crippen MR) is 79.8 cm³/mol. The lowest BCUT2D eigenvalue weighted by molar-refractivity contribution is -0.134. The molecule has 0 aliphatic carbocycles. The average molecular weight is 294 g/mol. The molecule has 6 heteroatoms. The fourth-order valence-corrected chi connectivity index (χ4v) is 2.71. The molecule has 2 rings (SSSR count). The zero-order valence-corrected chi connectivity index (χ0v) is 13.7. The summed E-state index contributed by atoms with van der Waals surface area (Å²) in [6.07, 6.45) is 1.79. The molecule has 1 saturated heterocycles. The average Bonchev–Trinajstić information content (AvgIpc) is 2.96. The summed E-state index contributed by atoms with van der Waals surface area (Å²) in [6.45, 7) is 7.98. The Morgan fingerprint density at radius 3 is 2.38 bits per heavy atom. The van der Waals surface area contributed by atoms with E-state index in [0.717, 1.165) is 31.8 Å². The molecular weight excluding hydrogens is 268 g/mol. The summed E-state index contributed by atoms with van der Waals surface area (Å²) in [5, 5.41) is 4.02. The van der Waals surface area contributed by atoms with Crippen LogP contribution in [0.3, 0.4) is 0 Å². The molecule has 0 bridgehead atoms. The Balaban J connectivity index is 1.93. The van der Waals surface area contributed by atoms with Crippen LogP contribution in [0.15, 0.2) is 4.52 Å². The molecule has 1 atom stereocenters. The van der Waals surface area contributed by atoms with Crippen molar-refractivity contribution in [2.24, 2.45) is 5.92 Å². The van der Waals surface area contributed by atoms with E-state index in [1.54, 1.807) is 4.90 Å². The van der Waals surface area contributed by atoms with Crippen molar-refractivity contribution in [2.75, 3.05) is 27.2 Å². The highest BCUT2D eigenvalue weighted by Gasteiger charge is 2.30. The fourth-order valence-electron chi connectivity index (χ4n) is 2.71. The Bertz CT molecular complexity index is 476. The molecule has 1 aliphatic heterocycles. The van der Waals surface area contributed by atoms with Crippen LogP contribution in [0.25, 0.3) is 0 Å². The smallest absolute Gasteiger partial charge is 0.243 e. The first-order chi connectivity index (χ1) is 9.90. The Morgan fingerprint density at radius 2 is 1.90 bits per heavy atom. The Kier molecular flexibility index (Phi) is 4.98. The summed E-state index contributed by atoms with van der Waals surface area (Å²) in [6, 6.07) is 0.111. The van der Waals surface area contributed by atoms with E-state index in [2.05, 4.69) is 35.8 Å². The number of hydrogen-bond acceptors (Lipinski definition) is 5. The van der Waals surface area contributed by atoms with Crippen molar-refractivity contribution >= 4 is 5.91 Å². The summed E-state index contributed by atoms with van der Waals surface area (Å²) < 4.78 is 5.38. The van der Waals surface area contributed by atoms with Crippen LogP contribution < -0.4 is 0 Å². The molecule has 118 valence electrons. The fraction of sp³-hybridized carbons (Fsp3) is 0.800. The lowest BCUT2D eigenvalue weighted by Gasteiger charge is -2.34. The third kappa shape index (κ3) is 3.61. The van der Waals surface area contributed by atoms with Crippen LogP contribution in [0.1, 0.15) is 57.3 Å². The molecule has 1 aromatic rings. The van der Waals surface area contributed by atoms with Gasteiger partial charge in [-0.05, 0) is 32.9 Å². The van der Waals surface area contributed by atoms with Gasteiger partial charge in [-0.2, -0.15) is 4.98 Å². The first kappa shape index (κ1) is 15.9. The topological polar surface area (TPSA) is 62.5 Å². The van der Waals surface area contributed by atoms with Gasteiger partial charge in [-0.1, -0.05) is 19.0 Å². The molecule has 0 spiro atoms. The van der Waals surface area contributed by atoms with E-state index in [9.17, 15) is 4.79 Å². The van der Waals surface area contributed by atoms with Crippen molar-refractivity contribution in [2.45, 2.75) is 45.6 Å². The molecule has 1 fully saturated rings. The number of amides is 1. The second-order valence-electron chi connectivity index (χ2n) is 6.36. The number of carbonyl (C=O) groups is 1. The molecule has 2 heterocycles. The van der Waals surface area contributed by atoms with Crippen molar-refractivity contribution in [3.05, 3.63) is 11.7 Å². The van der Waals surface area contributed by atoms with E-state index in [1.807, 2.05) is 14.1 Å². The van der Waals surface area contributed by atoms with E-state index < -0.39 is 0 Å². The Morgan fingerprint density at radius 1 is 1.29 bits per heavy atom. The van der Waals surface area contributed by atoms with E-state index >= 15 is 0 Å². The van der Waals surface area contributed by atoms with Gasteiger partial charge in [0.1, 0.15) is 0 Å². The van der Waals surface area contributed by atoms with Gasteiger partial charge in [0, 0.05) is 25.9 Å². The first-order valence-corrected chi connectivity index (χ1v) is 7.68. The third-order valence-electron chi connectivity index (χ3n) is 4.20. The molecule has 0 saturated carbocycles. The second-order valence-corrected chi connectivity index (χ2v) is 6.36. The molecule has 1 aromatic heterocycles. The van der Waals surface area contributed by atoms with Gasteiger partial charge in [-0.15, -0.1) is 0 Å². The summed E-state index contributed by atoms with van der Waals surface area (Å²) >= 11 is 0. The van der Waals surface area contributed by atoms with Gasteiger partial charge in [-0.25, -0.2) is 0 Å². The number of likely N-dealkylation sites (tertiary alicyclic amines) is 1. The number of carbonyl (C=O) groups excluding carboxylic acids is 1. The van der Waals surface area contributed by atoms with Gasteiger partial charge < -0.3 is 9.42 Å². The van der Waals surface area contributed by atoms with Crippen LogP contribution in [-0.2, 0) is 4.79 Å². The van der Waals surface area contributed by atoms with Crippen LogP contribution in [0.2, 0.25) is 0 Å². The largest absolute Gasteiger partial charge is 0.349 e. The second kappa shape index (κ2) is 6.56. The highest BCUT2D eigenvalue weighted by molar-refractivity contribution is 5.78. The zero-order chi connectivity index (χ0) is 15.6. The molecule has 6 nitrogen and oxygen atoms in total. The monoisotopic (exact) mass is 294 g/mol. The summed E-state index contributed by atoms with van der Waals surface area (Å²) in [4.78, 5) is 20.5. The number of hydrogen-bond donors (Lipinski definition) is 0. The van der Waals surface area contributed by atoms with Crippen molar-refractivity contribution in [1.82, 2.24) is 19.9 Å². The zero-order valence-electron chi connectivity index (χ0n) is 13.7. The summed E-state index contributed by atoms with van der Waals surface area (Å²) in [5.74, 6) is 2.10. The van der Waals surface area contributed by atoms with Gasteiger partial charge >= 0.3 is 0 Å². The van der Waals surface area contributed by atoms with Crippen molar-refractivity contribution in [3.63, 3.8) is 0 Å². The number of nitrogens with zero attached hydrogens (tertiary/aromatic N) is 4. The molecule has 1 amide bonds. The first-order valence-electron chi connectivity index (χ1n) is 7.68. The minimum absolute atomic E-state index is 0.111. The van der Waals surface area contributed by atoms with Gasteiger partial charge in [0.25, 0.3) is 0 Å². The lowest BCUT2D eigenvalue weighted by Crippen LogP contribution is -2.41. The predicted octanol–water partition coefficient (Wildman–Crippen LogP) is 2.05. The molecular formula is C15H26N4O2. The Labute approximate surface area is 126 Å². The van der Waals surface area contributed by atoms with Gasteiger partial charge in [0.2, 0.25) is 11.8 Å². The molecule has 0 radical (unpaired) electrons. The summed E-state index contributed by atoms with van der Waals surface area (Å²) in [7, 11) is 3.65. The van der Waals surface area contributed by atoms with E-state index in [0.29, 0.717) is 5.89 Å². The minimum Gasteiger partial charge on any atom is -0.349 e. The van der Waals surface area contributed by atoms with Gasteiger partial charge in [-0.3, -0.25) is 9.69 Å². The number of piperidine rings is 1. The van der Waals surface area contributed by atoms with E-state index in [4.69, 9.17) is 4.52 Å². The molecule has 21 heavy (non-hydrogen) atoms. The standard InChI is InChI=1S/C15H26N4O2/c1-10(2)13-16-14(21-17-13)11(3)19-8-6-12(7-9-19)15(20)18(4)5/h10-12H,6-9H2,1-5H3. The van der Waals surface area contributed by atoms with Gasteiger partial charge in [0.05, 0.1) is 6.04 Å². The quantitative estimate of drug-likeness (QED) is 0.850. The molecule has 0 aromatic carbocycles. The molecule has 1 aliphatic rings. The van der Waals surface area contributed by atoms with Crippen LogP contribution >= 0.6 is 0 Å². The normalized spacial score (nSPS) is 19.0. The number of aromatic nitrogens is 2. The lowest BCUT2D eigenvalue weighted by atomic mass is 9.94. The van der Waals surface area contributed by atoms with Gasteiger partial charge in [0.15, 0.2) is 5.82 Å². The number of rotatable bonds is 4. The maximum absolute atomic E-state index is 12.0.